The van der Waals surface area contributed by atoms with Gasteiger partial charge in [-0.15, -0.1) is 11.8 Å². The highest BCUT2D eigenvalue weighted by molar-refractivity contribution is 7.99. The molecule has 4 rings (SSSR count). The second kappa shape index (κ2) is 6.94. The molecule has 4 nitrogen and oxygen atoms in total. The molecule has 0 fully saturated rings. The van der Waals surface area contributed by atoms with E-state index in [1.807, 2.05) is 11.8 Å². The number of aromatic nitrogens is 3. The zero-order chi connectivity index (χ0) is 16.5. The summed E-state index contributed by atoms with van der Waals surface area (Å²) in [6, 6.07) is 4.30. The van der Waals surface area contributed by atoms with E-state index < -0.39 is 0 Å². The maximum atomic E-state index is 5.02. The third-order valence-corrected chi connectivity index (χ3v) is 6.39. The van der Waals surface area contributed by atoms with Crippen molar-refractivity contribution in [3.8, 4) is 0 Å². The van der Waals surface area contributed by atoms with Crippen molar-refractivity contribution in [2.75, 3.05) is 26.4 Å². The lowest BCUT2D eigenvalue weighted by atomic mass is 9.94. The molecular formula is C18H22N4S2. The van der Waals surface area contributed by atoms with Crippen LogP contribution in [-0.4, -0.2) is 45.0 Å². The Morgan fingerprint density at radius 2 is 2.00 bits per heavy atom. The SMILES string of the molecule is CN(C)CCCSc1c2c(nc3c1ccc1nsnc13)CCCC2. The number of fused-ring (bicyclic) bond motifs is 4. The van der Waals surface area contributed by atoms with Gasteiger partial charge in [0.05, 0.1) is 11.7 Å². The molecule has 0 atom stereocenters. The maximum absolute atomic E-state index is 5.02. The van der Waals surface area contributed by atoms with Gasteiger partial charge in [0.15, 0.2) is 0 Å². The Labute approximate surface area is 151 Å². The van der Waals surface area contributed by atoms with Crippen molar-refractivity contribution in [2.24, 2.45) is 0 Å². The van der Waals surface area contributed by atoms with Gasteiger partial charge in [-0.2, -0.15) is 8.75 Å². The van der Waals surface area contributed by atoms with Crippen molar-refractivity contribution < 1.29 is 0 Å². The summed E-state index contributed by atoms with van der Waals surface area (Å²) in [5.41, 5.74) is 5.79. The van der Waals surface area contributed by atoms with Crippen LogP contribution in [0.5, 0.6) is 0 Å². The summed E-state index contributed by atoms with van der Waals surface area (Å²) in [5, 5.41) is 1.27. The van der Waals surface area contributed by atoms with Gasteiger partial charge in [0.2, 0.25) is 0 Å². The number of thioether (sulfide) groups is 1. The van der Waals surface area contributed by atoms with Crippen LogP contribution in [0.4, 0.5) is 0 Å². The first kappa shape index (κ1) is 16.2. The first-order valence-electron chi connectivity index (χ1n) is 8.58. The molecule has 1 aliphatic carbocycles. The molecule has 3 aromatic rings. The van der Waals surface area contributed by atoms with Crippen LogP contribution in [0.15, 0.2) is 17.0 Å². The highest BCUT2D eigenvalue weighted by Crippen LogP contribution is 2.38. The fourth-order valence-corrected chi connectivity index (χ4v) is 5.14. The van der Waals surface area contributed by atoms with Crippen LogP contribution in [0.2, 0.25) is 0 Å². The quantitative estimate of drug-likeness (QED) is 0.506. The molecular weight excluding hydrogens is 336 g/mol. The van der Waals surface area contributed by atoms with E-state index in [4.69, 9.17) is 4.98 Å². The zero-order valence-corrected chi connectivity index (χ0v) is 15.8. The molecule has 0 bridgehead atoms. The van der Waals surface area contributed by atoms with Gasteiger partial charge in [-0.1, -0.05) is 0 Å². The van der Waals surface area contributed by atoms with Crippen LogP contribution in [-0.2, 0) is 12.8 Å². The third kappa shape index (κ3) is 3.03. The molecule has 0 saturated carbocycles. The minimum atomic E-state index is 0.972. The number of aryl methyl sites for hydroxylation is 1. The molecule has 0 unspecified atom stereocenters. The Kier molecular flexibility index (Phi) is 4.70. The van der Waals surface area contributed by atoms with Crippen LogP contribution < -0.4 is 0 Å². The van der Waals surface area contributed by atoms with E-state index in [2.05, 4.69) is 39.9 Å². The second-order valence-electron chi connectivity index (χ2n) is 6.67. The van der Waals surface area contributed by atoms with E-state index in [1.54, 1.807) is 0 Å². The number of rotatable bonds is 5. The van der Waals surface area contributed by atoms with Crippen molar-refractivity contribution in [1.82, 2.24) is 18.6 Å². The monoisotopic (exact) mass is 358 g/mol. The largest absolute Gasteiger partial charge is 0.309 e. The van der Waals surface area contributed by atoms with Crippen LogP contribution in [0.25, 0.3) is 21.9 Å². The van der Waals surface area contributed by atoms with Crippen molar-refractivity contribution >= 4 is 45.4 Å². The molecule has 0 radical (unpaired) electrons. The van der Waals surface area contributed by atoms with Gasteiger partial charge < -0.3 is 4.90 Å². The van der Waals surface area contributed by atoms with E-state index in [0.717, 1.165) is 35.3 Å². The number of pyridine rings is 1. The van der Waals surface area contributed by atoms with Gasteiger partial charge >= 0.3 is 0 Å². The highest BCUT2D eigenvalue weighted by atomic mass is 32.2. The van der Waals surface area contributed by atoms with Gasteiger partial charge in [0.1, 0.15) is 16.6 Å². The van der Waals surface area contributed by atoms with Crippen LogP contribution in [0, 0.1) is 0 Å². The first-order chi connectivity index (χ1) is 11.7. The molecule has 0 N–H and O–H groups in total. The van der Waals surface area contributed by atoms with Gasteiger partial charge in [-0.3, -0.25) is 4.98 Å². The molecule has 2 heterocycles. The molecule has 2 aromatic heterocycles. The highest BCUT2D eigenvalue weighted by Gasteiger charge is 2.20. The fraction of sp³-hybridized carbons (Fsp3) is 0.500. The standard InChI is InChI=1S/C18H22N4S2/c1-22(2)10-5-11-23-18-12-6-3-4-7-14(12)19-16-13(18)8-9-15-17(16)21-24-20-15/h8-9H,3-7,10-11H2,1-2H3. The van der Waals surface area contributed by atoms with Gasteiger partial charge in [-0.25, -0.2) is 0 Å². The fourth-order valence-electron chi connectivity index (χ4n) is 3.41. The van der Waals surface area contributed by atoms with Gasteiger partial charge in [0, 0.05) is 16.0 Å². The minimum absolute atomic E-state index is 0.972. The summed E-state index contributed by atoms with van der Waals surface area (Å²) in [6.07, 6.45) is 6.01. The molecule has 1 aromatic carbocycles. The van der Waals surface area contributed by atoms with E-state index in [0.29, 0.717) is 0 Å². The lowest BCUT2D eigenvalue weighted by Crippen LogP contribution is -2.13. The van der Waals surface area contributed by atoms with E-state index in [9.17, 15) is 0 Å². The lowest BCUT2D eigenvalue weighted by molar-refractivity contribution is 0.410. The molecule has 24 heavy (non-hydrogen) atoms. The zero-order valence-electron chi connectivity index (χ0n) is 14.2. The Balaban J connectivity index is 1.79. The Morgan fingerprint density at radius 3 is 2.88 bits per heavy atom. The lowest BCUT2D eigenvalue weighted by Gasteiger charge is -2.20. The summed E-state index contributed by atoms with van der Waals surface area (Å²) < 4.78 is 8.89. The van der Waals surface area contributed by atoms with Crippen LogP contribution >= 0.6 is 23.5 Å². The van der Waals surface area contributed by atoms with Gasteiger partial charge in [-0.05, 0) is 76.2 Å². The number of hydrogen-bond acceptors (Lipinski definition) is 6. The van der Waals surface area contributed by atoms with Crippen molar-refractivity contribution in [3.05, 3.63) is 23.4 Å². The maximum Gasteiger partial charge on any atom is 0.131 e. The Morgan fingerprint density at radius 1 is 1.12 bits per heavy atom. The molecule has 0 amide bonds. The summed E-state index contributed by atoms with van der Waals surface area (Å²) in [5.74, 6) is 1.15. The predicted molar refractivity (Wildman–Crippen MR) is 103 cm³/mol. The van der Waals surface area contributed by atoms with E-state index in [-0.39, 0.29) is 0 Å². The Hall–Kier alpha value is -1.24. The van der Waals surface area contributed by atoms with Crippen LogP contribution in [0.3, 0.4) is 0 Å². The number of nitrogens with zero attached hydrogens (tertiary/aromatic N) is 4. The number of benzene rings is 1. The molecule has 1 aliphatic rings. The average molecular weight is 359 g/mol. The Bertz CT molecular complexity index is 872. The summed E-state index contributed by atoms with van der Waals surface area (Å²) in [4.78, 5) is 8.72. The molecule has 0 spiro atoms. The van der Waals surface area contributed by atoms with Crippen molar-refractivity contribution in [1.29, 1.82) is 0 Å². The normalized spacial score (nSPS) is 14.6. The second-order valence-corrected chi connectivity index (χ2v) is 8.31. The van der Waals surface area contributed by atoms with E-state index in [1.165, 1.54) is 59.0 Å². The van der Waals surface area contributed by atoms with Crippen LogP contribution in [0.1, 0.15) is 30.5 Å². The summed E-state index contributed by atoms with van der Waals surface area (Å²) in [6.45, 7) is 1.14. The predicted octanol–water partition coefficient (Wildman–Crippen LogP) is 4.16. The molecule has 126 valence electrons. The number of hydrogen-bond donors (Lipinski definition) is 0. The third-order valence-electron chi connectivity index (χ3n) is 4.60. The first-order valence-corrected chi connectivity index (χ1v) is 10.3. The molecule has 6 heteroatoms. The van der Waals surface area contributed by atoms with Crippen molar-refractivity contribution in [2.45, 2.75) is 37.0 Å². The molecule has 0 saturated heterocycles. The topological polar surface area (TPSA) is 41.9 Å². The minimum Gasteiger partial charge on any atom is -0.309 e. The van der Waals surface area contributed by atoms with E-state index >= 15 is 0 Å². The average Bonchev–Trinajstić information content (AvgIpc) is 3.06. The van der Waals surface area contributed by atoms with Crippen molar-refractivity contribution in [3.63, 3.8) is 0 Å². The summed E-state index contributed by atoms with van der Waals surface area (Å²) >= 11 is 3.29. The molecule has 0 aliphatic heterocycles. The smallest absolute Gasteiger partial charge is 0.131 e. The summed E-state index contributed by atoms with van der Waals surface area (Å²) in [7, 11) is 4.28. The van der Waals surface area contributed by atoms with Gasteiger partial charge in [0.25, 0.3) is 0 Å².